The van der Waals surface area contributed by atoms with Crippen LogP contribution in [0.4, 0.5) is 4.79 Å². The molecule has 3 rings (SSSR count). The molecule has 9 heteroatoms. The van der Waals surface area contributed by atoms with Gasteiger partial charge in [0.25, 0.3) is 11.1 Å². The number of imide groups is 1. The fraction of sp³-hybridized carbons (Fsp3) is 0.320. The van der Waals surface area contributed by atoms with Crippen LogP contribution in [0.1, 0.15) is 37.5 Å². The summed E-state index contributed by atoms with van der Waals surface area (Å²) in [6, 6.07) is 10.7. The van der Waals surface area contributed by atoms with Gasteiger partial charge in [-0.05, 0) is 91.4 Å². The van der Waals surface area contributed by atoms with Crippen LogP contribution in [0.3, 0.4) is 0 Å². The largest absolute Gasteiger partial charge is 0.490 e. The smallest absolute Gasteiger partial charge is 0.329 e. The number of hydrogen-bond donors (Lipinski definition) is 0. The normalized spacial score (nSPS) is 15.6. The molecule has 1 atom stereocenters. The lowest BCUT2D eigenvalue weighted by molar-refractivity contribution is -0.150. The number of ether oxygens (including phenoxy) is 3. The monoisotopic (exact) mass is 595 g/mol. The van der Waals surface area contributed by atoms with E-state index < -0.39 is 23.2 Å². The van der Waals surface area contributed by atoms with E-state index in [-0.39, 0.29) is 11.5 Å². The van der Waals surface area contributed by atoms with E-state index in [4.69, 9.17) is 14.2 Å². The first-order valence-corrected chi connectivity index (χ1v) is 12.7. The van der Waals surface area contributed by atoms with Crippen molar-refractivity contribution in [3.63, 3.8) is 0 Å². The molecule has 34 heavy (non-hydrogen) atoms. The van der Waals surface area contributed by atoms with Crippen LogP contribution in [-0.4, -0.2) is 41.3 Å². The Labute approximate surface area is 217 Å². The van der Waals surface area contributed by atoms with Gasteiger partial charge in [-0.15, -0.1) is 0 Å². The molecule has 1 heterocycles. The van der Waals surface area contributed by atoms with Crippen molar-refractivity contribution in [3.8, 4) is 11.5 Å². The van der Waals surface area contributed by atoms with Gasteiger partial charge >= 0.3 is 5.97 Å². The number of hydrogen-bond acceptors (Lipinski definition) is 7. The van der Waals surface area contributed by atoms with Crippen LogP contribution in [0.15, 0.2) is 41.3 Å². The molecular weight excluding hydrogens is 569 g/mol. The summed E-state index contributed by atoms with van der Waals surface area (Å²) >= 11 is 2.96. The van der Waals surface area contributed by atoms with E-state index in [0.29, 0.717) is 30.3 Å². The quantitative estimate of drug-likeness (QED) is 0.213. The molecule has 0 bridgehead atoms. The molecule has 0 spiro atoms. The average Bonchev–Trinajstić information content (AvgIpc) is 3.07. The molecule has 1 fully saturated rings. The number of halogens is 1. The van der Waals surface area contributed by atoms with Crippen molar-refractivity contribution >= 4 is 57.5 Å². The van der Waals surface area contributed by atoms with Gasteiger partial charge in [-0.3, -0.25) is 14.5 Å². The van der Waals surface area contributed by atoms with Gasteiger partial charge in [0, 0.05) is 0 Å². The number of carbonyl (C=O) groups is 3. The van der Waals surface area contributed by atoms with Gasteiger partial charge in [0.15, 0.2) is 11.5 Å². The standard InChI is InChI=1S/C25H26INO6S/c1-5-31-20-12-18(11-19(26)22(20)33-14-17-9-7-15(3)8-10-17)13-21-23(28)27(25(30)34-21)16(4)24(29)32-6-2/h7-13,16H,5-6,14H2,1-4H3/b21-13+/t16-/m1/s1. The fourth-order valence-corrected chi connectivity index (χ4v) is 4.94. The van der Waals surface area contributed by atoms with Crippen LogP contribution in [0.25, 0.3) is 6.08 Å². The summed E-state index contributed by atoms with van der Waals surface area (Å²) in [6.07, 6.45) is 1.62. The number of rotatable bonds is 9. The second-order valence-electron chi connectivity index (χ2n) is 7.52. The van der Waals surface area contributed by atoms with Crippen molar-refractivity contribution in [2.45, 2.75) is 40.3 Å². The van der Waals surface area contributed by atoms with Crippen LogP contribution in [-0.2, 0) is 20.9 Å². The number of thioether (sulfide) groups is 1. The fourth-order valence-electron chi connectivity index (χ4n) is 3.25. The van der Waals surface area contributed by atoms with Gasteiger partial charge in [-0.25, -0.2) is 4.79 Å². The lowest BCUT2D eigenvalue weighted by atomic mass is 10.1. The number of benzene rings is 2. The first-order valence-electron chi connectivity index (χ1n) is 10.8. The Hall–Kier alpha value is -2.53. The summed E-state index contributed by atoms with van der Waals surface area (Å²) < 4.78 is 17.6. The number of nitrogens with zero attached hydrogens (tertiary/aromatic N) is 1. The predicted octanol–water partition coefficient (Wildman–Crippen LogP) is 5.57. The van der Waals surface area contributed by atoms with Crippen LogP contribution in [0, 0.1) is 10.5 Å². The summed E-state index contributed by atoms with van der Waals surface area (Å²) in [6.45, 7) is 8.06. The summed E-state index contributed by atoms with van der Waals surface area (Å²) in [5.41, 5.74) is 2.90. The molecule has 2 amide bonds. The molecule has 0 saturated carbocycles. The van der Waals surface area contributed by atoms with Gasteiger partial charge < -0.3 is 14.2 Å². The lowest BCUT2D eigenvalue weighted by Gasteiger charge is -2.19. The first-order chi connectivity index (χ1) is 16.2. The van der Waals surface area contributed by atoms with Crippen LogP contribution >= 0.6 is 34.4 Å². The van der Waals surface area contributed by atoms with Crippen molar-refractivity contribution < 1.29 is 28.6 Å². The van der Waals surface area contributed by atoms with E-state index in [1.54, 1.807) is 19.1 Å². The second-order valence-corrected chi connectivity index (χ2v) is 9.67. The van der Waals surface area contributed by atoms with Gasteiger partial charge in [0.2, 0.25) is 0 Å². The van der Waals surface area contributed by atoms with E-state index in [1.807, 2.05) is 44.2 Å². The zero-order chi connectivity index (χ0) is 24.8. The second kappa shape index (κ2) is 11.7. The Morgan fingerprint density at radius 3 is 2.47 bits per heavy atom. The van der Waals surface area contributed by atoms with Crippen molar-refractivity contribution in [1.82, 2.24) is 4.90 Å². The van der Waals surface area contributed by atoms with Crippen LogP contribution in [0.5, 0.6) is 11.5 Å². The molecular formula is C25H26INO6S. The topological polar surface area (TPSA) is 82.1 Å². The molecule has 2 aromatic rings. The van der Waals surface area contributed by atoms with E-state index in [0.717, 1.165) is 25.8 Å². The van der Waals surface area contributed by atoms with Crippen molar-refractivity contribution in [2.24, 2.45) is 0 Å². The Morgan fingerprint density at radius 1 is 1.12 bits per heavy atom. The van der Waals surface area contributed by atoms with Gasteiger partial charge in [-0.1, -0.05) is 29.8 Å². The molecule has 1 saturated heterocycles. The molecule has 0 radical (unpaired) electrons. The molecule has 0 aliphatic carbocycles. The van der Waals surface area contributed by atoms with E-state index >= 15 is 0 Å². The maximum absolute atomic E-state index is 12.9. The SMILES string of the molecule is CCOC(=O)[C@@H](C)N1C(=O)S/C(=C/c2cc(I)c(OCc3ccc(C)cc3)c(OCC)c2)C1=O. The Balaban J connectivity index is 1.84. The molecule has 0 aromatic heterocycles. The van der Waals surface area contributed by atoms with Gasteiger partial charge in [0.1, 0.15) is 12.6 Å². The number of esters is 1. The summed E-state index contributed by atoms with van der Waals surface area (Å²) in [4.78, 5) is 38.5. The molecule has 1 aliphatic heterocycles. The zero-order valence-electron chi connectivity index (χ0n) is 19.4. The van der Waals surface area contributed by atoms with Crippen molar-refractivity contribution in [2.75, 3.05) is 13.2 Å². The highest BCUT2D eigenvalue weighted by Crippen LogP contribution is 2.38. The molecule has 7 nitrogen and oxygen atoms in total. The third-order valence-corrected chi connectivity index (χ3v) is 6.66. The maximum atomic E-state index is 12.9. The highest BCUT2D eigenvalue weighted by molar-refractivity contribution is 14.1. The van der Waals surface area contributed by atoms with Crippen molar-refractivity contribution in [1.29, 1.82) is 0 Å². The van der Waals surface area contributed by atoms with Gasteiger partial charge in [-0.2, -0.15) is 0 Å². The summed E-state index contributed by atoms with van der Waals surface area (Å²) in [7, 11) is 0. The van der Waals surface area contributed by atoms with E-state index in [1.165, 1.54) is 12.5 Å². The highest BCUT2D eigenvalue weighted by atomic mass is 127. The van der Waals surface area contributed by atoms with E-state index in [2.05, 4.69) is 22.6 Å². The maximum Gasteiger partial charge on any atom is 0.329 e. The Kier molecular flexibility index (Phi) is 9.01. The molecule has 0 unspecified atom stereocenters. The molecule has 2 aromatic carbocycles. The zero-order valence-corrected chi connectivity index (χ0v) is 22.4. The first kappa shape index (κ1) is 26.1. The predicted molar refractivity (Wildman–Crippen MR) is 140 cm³/mol. The van der Waals surface area contributed by atoms with E-state index in [9.17, 15) is 14.4 Å². The van der Waals surface area contributed by atoms with Gasteiger partial charge in [0.05, 0.1) is 21.7 Å². The number of amides is 2. The summed E-state index contributed by atoms with van der Waals surface area (Å²) in [5, 5.41) is -0.505. The van der Waals surface area contributed by atoms with Crippen LogP contribution in [0.2, 0.25) is 0 Å². The van der Waals surface area contributed by atoms with Crippen molar-refractivity contribution in [3.05, 3.63) is 61.6 Å². The number of carbonyl (C=O) groups excluding carboxylic acids is 3. The third-order valence-electron chi connectivity index (χ3n) is 4.97. The minimum atomic E-state index is -0.991. The third kappa shape index (κ3) is 6.12. The molecule has 180 valence electrons. The van der Waals surface area contributed by atoms with Crippen LogP contribution < -0.4 is 9.47 Å². The summed E-state index contributed by atoms with van der Waals surface area (Å²) in [5.74, 6) is 0.0219. The number of aryl methyl sites for hydroxylation is 1. The highest BCUT2D eigenvalue weighted by Gasteiger charge is 2.41. The Morgan fingerprint density at radius 2 is 1.82 bits per heavy atom. The average molecular weight is 595 g/mol. The lowest BCUT2D eigenvalue weighted by Crippen LogP contribution is -2.42. The minimum Gasteiger partial charge on any atom is -0.490 e. The Bertz CT molecular complexity index is 1120. The molecule has 0 N–H and O–H groups in total. The minimum absolute atomic E-state index is 0.173. The molecule has 1 aliphatic rings.